The number of hydrogen-bond acceptors (Lipinski definition) is 9. The van der Waals surface area contributed by atoms with Gasteiger partial charge in [-0.3, -0.25) is 5.41 Å². The maximum absolute atomic E-state index is 10.7. The van der Waals surface area contributed by atoms with Crippen molar-refractivity contribution in [2.24, 2.45) is 5.73 Å². The van der Waals surface area contributed by atoms with Crippen molar-refractivity contribution in [1.29, 1.82) is 5.41 Å². The molecule has 1 amide bonds. The Hall–Kier alpha value is -4.16. The van der Waals surface area contributed by atoms with Crippen molar-refractivity contribution in [1.82, 2.24) is 5.32 Å². The predicted molar refractivity (Wildman–Crippen MR) is 146 cm³/mol. The summed E-state index contributed by atoms with van der Waals surface area (Å²) < 4.78 is 15.8. The number of aliphatic hydroxyl groups excluding tert-OH is 2. The zero-order valence-corrected chi connectivity index (χ0v) is 21.4. The van der Waals surface area contributed by atoms with Gasteiger partial charge < -0.3 is 45.9 Å². The van der Waals surface area contributed by atoms with Gasteiger partial charge in [0.2, 0.25) is 0 Å². The molecule has 11 nitrogen and oxygen atoms in total. The van der Waals surface area contributed by atoms with Crippen LogP contribution in [0.3, 0.4) is 0 Å². The zero-order chi connectivity index (χ0) is 28.0. The summed E-state index contributed by atoms with van der Waals surface area (Å²) in [4.78, 5) is 10.7. The first-order valence-corrected chi connectivity index (χ1v) is 12.4. The number of anilines is 1. The molecule has 0 spiro atoms. The molecular weight excluding hydrogens is 504 g/mol. The molecule has 0 heterocycles. The van der Waals surface area contributed by atoms with Gasteiger partial charge in [0.25, 0.3) is 6.02 Å². The molecule has 0 bridgehead atoms. The SMILES string of the molecule is N=C(Nc1cccc(COCCOc2ccc(CCNC[C@H](O)c3ccc(O)c(CO)c3)cc2)c1)OC(N)=O. The van der Waals surface area contributed by atoms with E-state index in [-0.39, 0.29) is 12.4 Å². The van der Waals surface area contributed by atoms with Crippen LogP contribution in [0, 0.1) is 5.41 Å². The highest BCUT2D eigenvalue weighted by atomic mass is 16.6. The molecule has 0 radical (unpaired) electrons. The second-order valence-electron chi connectivity index (χ2n) is 8.64. The van der Waals surface area contributed by atoms with Gasteiger partial charge in [0.05, 0.1) is 25.9 Å². The zero-order valence-electron chi connectivity index (χ0n) is 21.4. The number of carbonyl (C=O) groups excluding carboxylic acids is 1. The third-order valence-electron chi connectivity index (χ3n) is 5.66. The number of carbonyl (C=O) groups is 1. The smallest absolute Gasteiger partial charge is 0.412 e. The molecule has 39 heavy (non-hydrogen) atoms. The van der Waals surface area contributed by atoms with Crippen LogP contribution in [0.25, 0.3) is 0 Å². The summed E-state index contributed by atoms with van der Waals surface area (Å²) in [7, 11) is 0. The monoisotopic (exact) mass is 538 g/mol. The van der Waals surface area contributed by atoms with E-state index in [0.717, 1.165) is 23.3 Å². The normalized spacial score (nSPS) is 11.5. The van der Waals surface area contributed by atoms with Gasteiger partial charge in [-0.2, -0.15) is 0 Å². The number of phenols is 1. The van der Waals surface area contributed by atoms with Crippen molar-refractivity contribution in [2.75, 3.05) is 31.6 Å². The number of amides is 1. The Morgan fingerprint density at radius 3 is 2.56 bits per heavy atom. The molecule has 0 saturated carbocycles. The maximum atomic E-state index is 10.7. The van der Waals surface area contributed by atoms with Crippen molar-refractivity contribution in [3.63, 3.8) is 0 Å². The number of benzene rings is 3. The quantitative estimate of drug-likeness (QED) is 0.0923. The Morgan fingerprint density at radius 1 is 1.03 bits per heavy atom. The Labute approximate surface area is 226 Å². The third kappa shape index (κ3) is 10.3. The van der Waals surface area contributed by atoms with E-state index < -0.39 is 18.2 Å². The van der Waals surface area contributed by atoms with E-state index in [9.17, 15) is 20.1 Å². The summed E-state index contributed by atoms with van der Waals surface area (Å²) in [6, 6.07) is 19.2. The van der Waals surface area contributed by atoms with Gasteiger partial charge in [-0.05, 0) is 66.1 Å². The number of aromatic hydroxyl groups is 1. The second-order valence-corrected chi connectivity index (χ2v) is 8.64. The standard InChI is InChI=1S/C28H34N4O7/c29-27(39-28(30)36)32-23-3-1-2-20(14-23)18-37-12-13-38-24-7-4-19(5-8-24)10-11-31-16-26(35)21-6-9-25(34)22(15-21)17-33/h1-9,14-15,26,31,33-35H,10-13,16-18H2,(H2,29,32)(H2,30,36)/t26-/m0/s1. The summed E-state index contributed by atoms with van der Waals surface area (Å²) in [5.74, 6) is 0.743. The van der Waals surface area contributed by atoms with E-state index in [1.165, 1.54) is 6.07 Å². The van der Waals surface area contributed by atoms with Crippen LogP contribution in [0.15, 0.2) is 66.7 Å². The highest BCUT2D eigenvalue weighted by molar-refractivity contribution is 5.93. The van der Waals surface area contributed by atoms with Crippen LogP contribution in [0.5, 0.6) is 11.5 Å². The highest BCUT2D eigenvalue weighted by Crippen LogP contribution is 2.22. The van der Waals surface area contributed by atoms with E-state index in [1.807, 2.05) is 30.3 Å². The molecule has 0 aromatic heterocycles. The fourth-order valence-electron chi connectivity index (χ4n) is 3.69. The summed E-state index contributed by atoms with van der Waals surface area (Å²) in [5, 5.41) is 42.6. The number of rotatable bonds is 14. The van der Waals surface area contributed by atoms with Gasteiger partial charge >= 0.3 is 6.09 Å². The van der Waals surface area contributed by atoms with Gasteiger partial charge in [0.1, 0.15) is 18.1 Å². The first-order chi connectivity index (χ1) is 18.8. The summed E-state index contributed by atoms with van der Waals surface area (Å²) in [6.45, 7) is 1.84. The van der Waals surface area contributed by atoms with Gasteiger partial charge in [-0.25, -0.2) is 4.79 Å². The fraction of sp³-hybridized carbons (Fsp3) is 0.286. The molecule has 0 aliphatic rings. The third-order valence-corrected chi connectivity index (χ3v) is 5.66. The minimum absolute atomic E-state index is 0.00978. The topological polar surface area (TPSA) is 179 Å². The van der Waals surface area contributed by atoms with E-state index in [4.69, 9.17) is 20.6 Å². The molecular formula is C28H34N4O7. The second kappa shape index (κ2) is 15.3. The number of aliphatic hydroxyl groups is 2. The summed E-state index contributed by atoms with van der Waals surface area (Å²) in [5.41, 5.74) is 8.47. The molecule has 0 unspecified atom stereocenters. The average Bonchev–Trinajstić information content (AvgIpc) is 2.91. The van der Waals surface area contributed by atoms with Gasteiger partial charge in [-0.15, -0.1) is 0 Å². The molecule has 3 aromatic rings. The molecule has 3 rings (SSSR count). The number of ether oxygens (including phenoxy) is 3. The predicted octanol–water partition coefficient (Wildman–Crippen LogP) is 2.79. The molecule has 3 aromatic carbocycles. The van der Waals surface area contributed by atoms with Crippen LogP contribution in [-0.2, 0) is 29.1 Å². The van der Waals surface area contributed by atoms with Crippen molar-refractivity contribution in [2.45, 2.75) is 25.7 Å². The van der Waals surface area contributed by atoms with Crippen molar-refractivity contribution in [3.8, 4) is 11.5 Å². The lowest BCUT2D eigenvalue weighted by Crippen LogP contribution is -2.23. The minimum atomic E-state index is -1.06. The highest BCUT2D eigenvalue weighted by Gasteiger charge is 2.10. The van der Waals surface area contributed by atoms with E-state index in [2.05, 4.69) is 15.4 Å². The Kier molecular flexibility index (Phi) is 11.5. The Balaban J connectivity index is 1.30. The summed E-state index contributed by atoms with van der Waals surface area (Å²) >= 11 is 0. The van der Waals surface area contributed by atoms with E-state index in [0.29, 0.717) is 49.7 Å². The molecule has 208 valence electrons. The maximum Gasteiger partial charge on any atom is 0.412 e. The molecule has 8 N–H and O–H groups in total. The van der Waals surface area contributed by atoms with Crippen LogP contribution in [0.4, 0.5) is 10.5 Å². The molecule has 1 atom stereocenters. The number of amidine groups is 1. The number of hydrogen-bond donors (Lipinski definition) is 7. The van der Waals surface area contributed by atoms with Crippen LogP contribution in [0.2, 0.25) is 0 Å². The van der Waals surface area contributed by atoms with Crippen molar-refractivity contribution < 1.29 is 34.3 Å². The lowest BCUT2D eigenvalue weighted by atomic mass is 10.1. The lowest BCUT2D eigenvalue weighted by molar-refractivity contribution is 0.0889. The van der Waals surface area contributed by atoms with Gasteiger partial charge in [-0.1, -0.05) is 30.3 Å². The Bertz CT molecular complexity index is 1220. The molecule has 0 fully saturated rings. The first kappa shape index (κ1) is 29.4. The van der Waals surface area contributed by atoms with Crippen LogP contribution >= 0.6 is 0 Å². The van der Waals surface area contributed by atoms with Crippen LogP contribution in [-0.4, -0.2) is 53.7 Å². The van der Waals surface area contributed by atoms with Gasteiger partial charge in [0.15, 0.2) is 0 Å². The van der Waals surface area contributed by atoms with Gasteiger partial charge in [0, 0.05) is 17.8 Å². The first-order valence-electron chi connectivity index (χ1n) is 12.4. The van der Waals surface area contributed by atoms with E-state index in [1.54, 1.807) is 30.3 Å². The number of nitrogens with two attached hydrogens (primary N) is 1. The van der Waals surface area contributed by atoms with Crippen LogP contribution in [0.1, 0.15) is 28.4 Å². The lowest BCUT2D eigenvalue weighted by Gasteiger charge is -2.14. The molecule has 0 saturated heterocycles. The minimum Gasteiger partial charge on any atom is -0.508 e. The Morgan fingerprint density at radius 2 is 1.82 bits per heavy atom. The largest absolute Gasteiger partial charge is 0.508 e. The number of nitrogens with one attached hydrogen (secondary N) is 3. The van der Waals surface area contributed by atoms with Crippen LogP contribution < -0.4 is 21.1 Å². The number of primary amides is 1. The van der Waals surface area contributed by atoms with E-state index >= 15 is 0 Å². The summed E-state index contributed by atoms with van der Waals surface area (Å²) in [6.07, 6.45) is -1.03. The molecule has 11 heteroatoms. The molecule has 0 aliphatic carbocycles. The van der Waals surface area contributed by atoms with Crippen molar-refractivity contribution >= 4 is 17.8 Å². The average molecular weight is 539 g/mol. The molecule has 0 aliphatic heterocycles. The van der Waals surface area contributed by atoms with Crippen molar-refractivity contribution in [3.05, 3.63) is 89.0 Å². The fourth-order valence-corrected chi connectivity index (χ4v) is 3.69.